The van der Waals surface area contributed by atoms with Gasteiger partial charge < -0.3 is 15.0 Å². The molecule has 1 N–H and O–H groups in total. The zero-order valence-corrected chi connectivity index (χ0v) is 12.5. The van der Waals surface area contributed by atoms with E-state index in [0.717, 1.165) is 11.3 Å². The average Bonchev–Trinajstić information content (AvgIpc) is 2.82. The van der Waals surface area contributed by atoms with Crippen LogP contribution in [-0.4, -0.2) is 43.8 Å². The third kappa shape index (κ3) is 3.92. The van der Waals surface area contributed by atoms with Gasteiger partial charge in [0.15, 0.2) is 5.78 Å². The van der Waals surface area contributed by atoms with E-state index in [-0.39, 0.29) is 16.2 Å². The molecule has 0 unspecified atom stereocenters. The molecule has 0 spiro atoms. The number of esters is 1. The molecule has 1 amide bonds. The van der Waals surface area contributed by atoms with E-state index in [2.05, 4.69) is 10.1 Å². The molecule has 0 radical (unpaired) electrons. The lowest BCUT2D eigenvalue weighted by Crippen LogP contribution is -2.22. The van der Waals surface area contributed by atoms with Crippen molar-refractivity contribution in [1.82, 2.24) is 4.90 Å². The van der Waals surface area contributed by atoms with Crippen LogP contribution in [0.25, 0.3) is 0 Å². The molecule has 0 aromatic carbocycles. The molecule has 1 aromatic rings. The van der Waals surface area contributed by atoms with Crippen molar-refractivity contribution in [2.24, 2.45) is 0 Å². The van der Waals surface area contributed by atoms with E-state index >= 15 is 0 Å². The van der Waals surface area contributed by atoms with Crippen LogP contribution in [0.1, 0.15) is 16.6 Å². The number of hydrogen-bond acceptors (Lipinski definition) is 6. The van der Waals surface area contributed by atoms with Crippen LogP contribution in [0, 0.1) is 0 Å². The highest BCUT2D eigenvalue weighted by Crippen LogP contribution is 2.23. The smallest absolute Gasteiger partial charge is 0.350 e. The summed E-state index contributed by atoms with van der Waals surface area (Å²) in [5.74, 6) is -1.45. The monoisotopic (exact) mass is 296 g/mol. The van der Waals surface area contributed by atoms with E-state index in [9.17, 15) is 14.4 Å². The molecule has 0 bridgehead atoms. The summed E-state index contributed by atoms with van der Waals surface area (Å²) >= 11 is 1.15. The van der Waals surface area contributed by atoms with Crippen LogP contribution in [0.15, 0.2) is 23.2 Å². The summed E-state index contributed by atoms with van der Waals surface area (Å²) in [6.07, 6.45) is 1.43. The Balaban J connectivity index is 2.98. The van der Waals surface area contributed by atoms with Crippen molar-refractivity contribution in [2.75, 3.05) is 26.5 Å². The predicted octanol–water partition coefficient (Wildman–Crippen LogP) is 1.51. The van der Waals surface area contributed by atoms with Crippen LogP contribution in [-0.2, 0) is 14.3 Å². The number of carbonyl (C=O) groups excluding carboxylic acids is 3. The number of Topliss-reactive ketones (excluding diaryl/α,β-unsaturated/α-hetero) is 1. The van der Waals surface area contributed by atoms with Crippen molar-refractivity contribution in [3.8, 4) is 0 Å². The van der Waals surface area contributed by atoms with Crippen molar-refractivity contribution in [3.05, 3.63) is 28.1 Å². The minimum Gasteiger partial charge on any atom is -0.465 e. The minimum absolute atomic E-state index is 0.0111. The quantitative estimate of drug-likeness (QED) is 0.386. The second-order valence-electron chi connectivity index (χ2n) is 4.17. The fourth-order valence-electron chi connectivity index (χ4n) is 1.42. The topological polar surface area (TPSA) is 75.7 Å². The summed E-state index contributed by atoms with van der Waals surface area (Å²) in [5, 5.41) is 4.21. The van der Waals surface area contributed by atoms with Gasteiger partial charge in [-0.1, -0.05) is 0 Å². The number of ether oxygens (including phenoxy) is 1. The Labute approximate surface area is 121 Å². The fraction of sp³-hybridized carbons (Fsp3) is 0.308. The van der Waals surface area contributed by atoms with Gasteiger partial charge in [0.1, 0.15) is 4.88 Å². The first kappa shape index (κ1) is 15.9. The third-order valence-corrected chi connectivity index (χ3v) is 3.19. The second kappa shape index (κ2) is 6.85. The molecule has 20 heavy (non-hydrogen) atoms. The van der Waals surface area contributed by atoms with Gasteiger partial charge in [-0.05, 0) is 18.4 Å². The van der Waals surface area contributed by atoms with Crippen LogP contribution in [0.3, 0.4) is 0 Å². The number of carbonyl (C=O) groups is 3. The first-order chi connectivity index (χ1) is 9.36. The average molecular weight is 296 g/mol. The highest BCUT2D eigenvalue weighted by atomic mass is 32.1. The number of rotatable bonds is 5. The summed E-state index contributed by atoms with van der Waals surface area (Å²) in [6, 6.07) is 1.59. The number of methoxy groups -OCH3 is 1. The molecule has 0 atom stereocenters. The number of anilines is 1. The maximum absolute atomic E-state index is 12.1. The molecule has 0 aliphatic carbocycles. The van der Waals surface area contributed by atoms with Gasteiger partial charge in [0.2, 0.25) is 0 Å². The van der Waals surface area contributed by atoms with Gasteiger partial charge in [0.05, 0.1) is 18.4 Å². The Hall–Kier alpha value is -2.15. The van der Waals surface area contributed by atoms with Gasteiger partial charge in [-0.2, -0.15) is 0 Å². The zero-order chi connectivity index (χ0) is 15.3. The lowest BCUT2D eigenvalue weighted by molar-refractivity contribution is -0.119. The number of nitrogens with zero attached hydrogens (tertiary/aromatic N) is 1. The molecule has 108 valence electrons. The van der Waals surface area contributed by atoms with Crippen LogP contribution in [0.2, 0.25) is 0 Å². The van der Waals surface area contributed by atoms with Gasteiger partial charge in [-0.3, -0.25) is 9.59 Å². The first-order valence-electron chi connectivity index (χ1n) is 5.73. The third-order valence-electron chi connectivity index (χ3n) is 2.30. The molecule has 0 saturated carbocycles. The lowest BCUT2D eigenvalue weighted by Gasteiger charge is -2.10. The van der Waals surface area contributed by atoms with E-state index in [0.29, 0.717) is 5.69 Å². The number of thiophene rings is 1. The summed E-state index contributed by atoms with van der Waals surface area (Å²) < 4.78 is 4.62. The van der Waals surface area contributed by atoms with Crippen molar-refractivity contribution >= 4 is 34.7 Å². The standard InChI is InChI=1S/C13H16N2O4S/c1-8(16)9(7-15(2)3)12(17)14-10-5-6-20-11(10)13(18)19-4/h5-7H,1-4H3,(H,14,17)/b9-7+. The molecule has 0 aliphatic rings. The Kier molecular flexibility index (Phi) is 5.45. The maximum atomic E-state index is 12.1. The predicted molar refractivity (Wildman–Crippen MR) is 76.7 cm³/mol. The van der Waals surface area contributed by atoms with E-state index < -0.39 is 11.9 Å². The van der Waals surface area contributed by atoms with E-state index in [1.807, 2.05) is 0 Å². The number of nitrogens with one attached hydrogen (secondary N) is 1. The molecule has 1 aromatic heterocycles. The summed E-state index contributed by atoms with van der Waals surface area (Å²) in [4.78, 5) is 36.9. The Bertz CT molecular complexity index is 560. The second-order valence-corrected chi connectivity index (χ2v) is 5.09. The molecule has 1 heterocycles. The molecule has 0 fully saturated rings. The highest BCUT2D eigenvalue weighted by molar-refractivity contribution is 7.12. The summed E-state index contributed by atoms with van der Waals surface area (Å²) in [6.45, 7) is 1.31. The molecule has 0 aliphatic heterocycles. The Morgan fingerprint density at radius 1 is 1.35 bits per heavy atom. The van der Waals surface area contributed by atoms with Gasteiger partial charge in [0.25, 0.3) is 5.91 Å². The van der Waals surface area contributed by atoms with Crippen molar-refractivity contribution in [3.63, 3.8) is 0 Å². The van der Waals surface area contributed by atoms with Crippen LogP contribution >= 0.6 is 11.3 Å². The van der Waals surface area contributed by atoms with E-state index in [1.54, 1.807) is 30.4 Å². The zero-order valence-electron chi connectivity index (χ0n) is 11.7. The van der Waals surface area contributed by atoms with Gasteiger partial charge >= 0.3 is 5.97 Å². The molecular formula is C13H16N2O4S. The van der Waals surface area contributed by atoms with Gasteiger partial charge in [-0.15, -0.1) is 11.3 Å². The van der Waals surface area contributed by atoms with Crippen molar-refractivity contribution in [1.29, 1.82) is 0 Å². The Morgan fingerprint density at radius 2 is 2.00 bits per heavy atom. The molecule has 7 heteroatoms. The van der Waals surface area contributed by atoms with E-state index in [4.69, 9.17) is 0 Å². The van der Waals surface area contributed by atoms with Crippen molar-refractivity contribution in [2.45, 2.75) is 6.92 Å². The number of amides is 1. The van der Waals surface area contributed by atoms with Crippen LogP contribution in [0.4, 0.5) is 5.69 Å². The van der Waals surface area contributed by atoms with Gasteiger partial charge in [-0.25, -0.2) is 4.79 Å². The van der Waals surface area contributed by atoms with Crippen LogP contribution in [0.5, 0.6) is 0 Å². The number of ketones is 1. The number of hydrogen-bond donors (Lipinski definition) is 1. The first-order valence-corrected chi connectivity index (χ1v) is 6.61. The molecule has 1 rings (SSSR count). The normalized spacial score (nSPS) is 10.9. The van der Waals surface area contributed by atoms with E-state index in [1.165, 1.54) is 20.2 Å². The molecule has 6 nitrogen and oxygen atoms in total. The van der Waals surface area contributed by atoms with Gasteiger partial charge in [0, 0.05) is 20.3 Å². The molecular weight excluding hydrogens is 280 g/mol. The lowest BCUT2D eigenvalue weighted by atomic mass is 10.2. The summed E-state index contributed by atoms with van der Waals surface area (Å²) in [7, 11) is 4.68. The minimum atomic E-state index is -0.560. The van der Waals surface area contributed by atoms with Crippen LogP contribution < -0.4 is 5.32 Å². The fourth-order valence-corrected chi connectivity index (χ4v) is 2.18. The van der Waals surface area contributed by atoms with Crippen molar-refractivity contribution < 1.29 is 19.1 Å². The molecule has 0 saturated heterocycles. The summed E-state index contributed by atoms with van der Waals surface area (Å²) in [5.41, 5.74) is 0.342. The maximum Gasteiger partial charge on any atom is 0.350 e. The largest absolute Gasteiger partial charge is 0.465 e. The highest BCUT2D eigenvalue weighted by Gasteiger charge is 2.19. The SMILES string of the molecule is COC(=O)c1sccc1NC(=O)/C(=C/N(C)C)C(C)=O. The Morgan fingerprint density at radius 3 is 2.50 bits per heavy atom.